The van der Waals surface area contributed by atoms with Gasteiger partial charge in [-0.25, -0.2) is 4.39 Å². The summed E-state index contributed by atoms with van der Waals surface area (Å²) in [6, 6.07) is 4.38. The summed E-state index contributed by atoms with van der Waals surface area (Å²) in [6.45, 7) is 0. The van der Waals surface area contributed by atoms with E-state index in [1.54, 1.807) is 6.07 Å². The van der Waals surface area contributed by atoms with E-state index < -0.39 is 5.82 Å². The van der Waals surface area contributed by atoms with Gasteiger partial charge in [0, 0.05) is 0 Å². The first-order valence-corrected chi connectivity index (χ1v) is 7.41. The summed E-state index contributed by atoms with van der Waals surface area (Å²) in [6.07, 6.45) is 0.605. The lowest BCUT2D eigenvalue weighted by Crippen LogP contribution is -2.15. The molecular weight excluding hydrogens is 340 g/mol. The minimum Gasteiger partial charge on any atom is -0.342 e. The first-order valence-electron chi connectivity index (χ1n) is 3.61. The highest BCUT2D eigenvalue weighted by Gasteiger charge is 2.11. The number of hydrogen-bond acceptors (Lipinski definition) is 2. The number of amides is 1. The van der Waals surface area contributed by atoms with Crippen molar-refractivity contribution in [3.05, 3.63) is 34.6 Å². The van der Waals surface area contributed by atoms with Gasteiger partial charge in [0.25, 0.3) is 0 Å². The zero-order valence-electron chi connectivity index (χ0n) is 6.84. The Bertz CT molecular complexity index is 339. The topological polar surface area (TPSA) is 29.1 Å². The second-order valence-corrected chi connectivity index (χ2v) is 5.01. The summed E-state index contributed by atoms with van der Waals surface area (Å²) in [4.78, 5) is 10.3. The Labute approximate surface area is 102 Å². The average molecular weight is 346 g/mol. The number of benzene rings is 1. The van der Waals surface area contributed by atoms with Gasteiger partial charge in [-0.3, -0.25) is 4.79 Å². The first kappa shape index (κ1) is 12.1. The van der Waals surface area contributed by atoms with E-state index in [9.17, 15) is 9.18 Å². The number of nitrogens with one attached hydrogen (secondary N) is 1. The largest absolute Gasteiger partial charge is 0.342 e. The molecule has 0 spiro atoms. The second kappa shape index (κ2) is 5.77. The van der Waals surface area contributed by atoms with Crippen molar-refractivity contribution in [2.75, 3.05) is 0 Å². The van der Waals surface area contributed by atoms with Crippen LogP contribution in [0.2, 0.25) is 5.02 Å². The molecule has 0 aliphatic rings. The SMILES string of the molecule is O=CNC(SI)c1ccc(F)c(Cl)c1. The highest BCUT2D eigenvalue weighted by molar-refractivity contribution is 14.2. The van der Waals surface area contributed by atoms with Crippen LogP contribution in [0.15, 0.2) is 18.2 Å². The van der Waals surface area contributed by atoms with Gasteiger partial charge in [0.1, 0.15) is 11.2 Å². The summed E-state index contributed by atoms with van der Waals surface area (Å²) < 4.78 is 12.8. The van der Waals surface area contributed by atoms with Gasteiger partial charge in [0.05, 0.1) is 5.02 Å². The zero-order chi connectivity index (χ0) is 10.6. The van der Waals surface area contributed by atoms with Gasteiger partial charge in [0.15, 0.2) is 0 Å². The quantitative estimate of drug-likeness (QED) is 0.515. The number of halogens is 3. The number of carbonyl (C=O) groups excluding carboxylic acids is 1. The van der Waals surface area contributed by atoms with E-state index in [1.165, 1.54) is 21.1 Å². The molecule has 1 rings (SSSR count). The molecule has 76 valence electrons. The van der Waals surface area contributed by atoms with Crippen LogP contribution in [0.5, 0.6) is 0 Å². The highest BCUT2D eigenvalue weighted by Crippen LogP contribution is 2.32. The molecule has 1 amide bonds. The van der Waals surface area contributed by atoms with Crippen LogP contribution in [0.1, 0.15) is 10.9 Å². The van der Waals surface area contributed by atoms with Gasteiger partial charge in [0.2, 0.25) is 6.41 Å². The Hall–Kier alpha value is -0.0100. The molecule has 0 aliphatic heterocycles. The average Bonchev–Trinajstić information content (AvgIpc) is 2.19. The van der Waals surface area contributed by atoms with Gasteiger partial charge in [-0.2, -0.15) is 0 Å². The summed E-state index contributed by atoms with van der Waals surface area (Å²) in [5.41, 5.74) is 0.767. The van der Waals surface area contributed by atoms with E-state index in [1.807, 2.05) is 0 Å². The van der Waals surface area contributed by atoms with E-state index in [0.29, 0.717) is 6.41 Å². The maximum atomic E-state index is 12.8. The van der Waals surface area contributed by atoms with Crippen LogP contribution in [-0.2, 0) is 4.79 Å². The fraction of sp³-hybridized carbons (Fsp3) is 0.125. The number of rotatable bonds is 4. The second-order valence-electron chi connectivity index (χ2n) is 2.43. The van der Waals surface area contributed by atoms with E-state index in [2.05, 4.69) is 26.5 Å². The molecule has 0 aromatic heterocycles. The molecule has 0 fully saturated rings. The predicted molar refractivity (Wildman–Crippen MR) is 65.0 cm³/mol. The number of hydrogen-bond donors (Lipinski definition) is 1. The first-order chi connectivity index (χ1) is 6.69. The monoisotopic (exact) mass is 345 g/mol. The molecule has 0 aliphatic carbocycles. The van der Waals surface area contributed by atoms with Gasteiger partial charge >= 0.3 is 0 Å². The molecular formula is C8H6ClFINOS. The minimum absolute atomic E-state index is 0.0608. The Morgan fingerprint density at radius 2 is 2.36 bits per heavy atom. The molecule has 0 heterocycles. The molecule has 0 saturated heterocycles. The lowest BCUT2D eigenvalue weighted by Gasteiger charge is -2.12. The number of carbonyl (C=O) groups is 1. The van der Waals surface area contributed by atoms with Crippen LogP contribution in [0, 0.1) is 5.82 Å². The molecule has 0 bridgehead atoms. The fourth-order valence-electron chi connectivity index (χ4n) is 0.911. The highest BCUT2D eigenvalue weighted by atomic mass is 127. The van der Waals surface area contributed by atoms with Crippen LogP contribution in [0.3, 0.4) is 0 Å². The van der Waals surface area contributed by atoms with Crippen LogP contribution in [0.4, 0.5) is 4.39 Å². The van der Waals surface area contributed by atoms with Crippen molar-refractivity contribution in [2.45, 2.75) is 5.37 Å². The predicted octanol–water partition coefficient (Wildman–Crippen LogP) is 3.31. The molecule has 0 saturated carbocycles. The molecule has 6 heteroatoms. The van der Waals surface area contributed by atoms with Crippen molar-refractivity contribution in [1.29, 1.82) is 0 Å². The minimum atomic E-state index is -0.460. The maximum absolute atomic E-state index is 12.8. The molecule has 0 radical (unpaired) electrons. The summed E-state index contributed by atoms with van der Waals surface area (Å²) in [5, 5.41) is 2.45. The van der Waals surface area contributed by atoms with Crippen LogP contribution in [-0.4, -0.2) is 6.41 Å². The van der Waals surface area contributed by atoms with Gasteiger partial charge in [-0.15, -0.1) is 0 Å². The summed E-state index contributed by atoms with van der Waals surface area (Å²) >= 11 is 7.67. The van der Waals surface area contributed by atoms with Crippen molar-refractivity contribution in [3.63, 3.8) is 0 Å². The van der Waals surface area contributed by atoms with Crippen LogP contribution >= 0.6 is 41.7 Å². The van der Waals surface area contributed by atoms with Crippen molar-refractivity contribution in [1.82, 2.24) is 5.32 Å². The van der Waals surface area contributed by atoms with Crippen LogP contribution in [0.25, 0.3) is 0 Å². The van der Waals surface area contributed by atoms with Gasteiger partial charge in [-0.1, -0.05) is 26.6 Å². The third-order valence-electron chi connectivity index (χ3n) is 1.55. The fourth-order valence-corrected chi connectivity index (χ4v) is 2.78. The Morgan fingerprint density at radius 3 is 2.86 bits per heavy atom. The van der Waals surface area contributed by atoms with Crippen molar-refractivity contribution < 1.29 is 9.18 Å². The maximum Gasteiger partial charge on any atom is 0.208 e. The van der Waals surface area contributed by atoms with Gasteiger partial charge in [-0.05, 0) is 38.9 Å². The van der Waals surface area contributed by atoms with Crippen LogP contribution < -0.4 is 5.32 Å². The third-order valence-corrected chi connectivity index (χ3v) is 3.96. The zero-order valence-corrected chi connectivity index (χ0v) is 10.6. The van der Waals surface area contributed by atoms with Crippen molar-refractivity contribution >= 4 is 48.1 Å². The molecule has 1 unspecified atom stereocenters. The van der Waals surface area contributed by atoms with Gasteiger partial charge < -0.3 is 5.32 Å². The summed E-state index contributed by atoms with van der Waals surface area (Å²) in [5.74, 6) is -0.460. The smallest absolute Gasteiger partial charge is 0.208 e. The Morgan fingerprint density at radius 1 is 1.64 bits per heavy atom. The van der Waals surface area contributed by atoms with E-state index in [4.69, 9.17) is 11.6 Å². The van der Waals surface area contributed by atoms with E-state index >= 15 is 0 Å². The van der Waals surface area contributed by atoms with E-state index in [-0.39, 0.29) is 10.4 Å². The summed E-state index contributed by atoms with van der Waals surface area (Å²) in [7, 11) is 1.41. The van der Waals surface area contributed by atoms with Crippen molar-refractivity contribution in [3.8, 4) is 0 Å². The van der Waals surface area contributed by atoms with E-state index in [0.717, 1.165) is 5.56 Å². The molecule has 1 N–H and O–H groups in total. The molecule has 1 aromatic rings. The Kier molecular flexibility index (Phi) is 4.97. The lowest BCUT2D eigenvalue weighted by molar-refractivity contribution is -0.109. The Balaban J connectivity index is 2.93. The molecule has 1 aromatic carbocycles. The molecule has 2 nitrogen and oxygen atoms in total. The third kappa shape index (κ3) is 2.99. The lowest BCUT2D eigenvalue weighted by atomic mass is 10.2. The molecule has 1 atom stereocenters. The van der Waals surface area contributed by atoms with Crippen molar-refractivity contribution in [2.24, 2.45) is 0 Å². The molecule has 14 heavy (non-hydrogen) atoms. The standard InChI is InChI=1S/C8H6ClFINOS/c9-6-3-5(1-2-7(6)10)8(14-11)12-4-13/h1-4,8H,(H,12,13). The normalized spacial score (nSPS) is 12.2.